The van der Waals surface area contributed by atoms with Crippen LogP contribution in [0.25, 0.3) is 0 Å². The van der Waals surface area contributed by atoms with E-state index in [1.807, 2.05) is 0 Å². The standard InChI is InChI=1S/C18H26N4O.HI/c1-2-19-18(22-12-9-17(23)14-22)20-13-15-5-7-16(8-6-15)21-10-3-4-11-21;/h3-8,17,23H,2,9-14H2,1H3,(H,19,20);1H/t17-;/m1./s1. The van der Waals surface area contributed by atoms with E-state index in [9.17, 15) is 5.11 Å². The number of anilines is 1. The Kier molecular flexibility index (Phi) is 7.36. The summed E-state index contributed by atoms with van der Waals surface area (Å²) in [7, 11) is 0. The first-order chi connectivity index (χ1) is 11.3. The van der Waals surface area contributed by atoms with Crippen molar-refractivity contribution in [1.29, 1.82) is 0 Å². The van der Waals surface area contributed by atoms with Gasteiger partial charge in [0.25, 0.3) is 0 Å². The van der Waals surface area contributed by atoms with Crippen molar-refractivity contribution in [3.05, 3.63) is 42.0 Å². The fraction of sp³-hybridized carbons (Fsp3) is 0.500. The van der Waals surface area contributed by atoms with Crippen LogP contribution in [0.15, 0.2) is 41.4 Å². The van der Waals surface area contributed by atoms with E-state index in [0.29, 0.717) is 13.1 Å². The Labute approximate surface area is 161 Å². The summed E-state index contributed by atoms with van der Waals surface area (Å²) in [6.45, 7) is 7.11. The normalized spacial score (nSPS) is 20.4. The molecule has 24 heavy (non-hydrogen) atoms. The second kappa shape index (κ2) is 9.27. The number of nitrogens with one attached hydrogen (secondary N) is 1. The van der Waals surface area contributed by atoms with Crippen LogP contribution in [0.1, 0.15) is 18.9 Å². The molecule has 1 atom stereocenters. The van der Waals surface area contributed by atoms with Crippen molar-refractivity contribution in [3.63, 3.8) is 0 Å². The van der Waals surface area contributed by atoms with E-state index in [1.54, 1.807) is 0 Å². The molecule has 1 saturated heterocycles. The van der Waals surface area contributed by atoms with E-state index in [-0.39, 0.29) is 30.1 Å². The quantitative estimate of drug-likeness (QED) is 0.325. The molecule has 0 unspecified atom stereocenters. The lowest BCUT2D eigenvalue weighted by Gasteiger charge is -2.21. The van der Waals surface area contributed by atoms with Crippen molar-refractivity contribution in [2.75, 3.05) is 37.6 Å². The number of aliphatic hydroxyl groups excluding tert-OH is 1. The third-order valence-electron chi connectivity index (χ3n) is 4.33. The maximum absolute atomic E-state index is 9.70. The predicted octanol–water partition coefficient (Wildman–Crippen LogP) is 2.21. The molecule has 1 aromatic rings. The van der Waals surface area contributed by atoms with E-state index in [0.717, 1.165) is 38.6 Å². The summed E-state index contributed by atoms with van der Waals surface area (Å²) in [6.07, 6.45) is 4.99. The van der Waals surface area contributed by atoms with Crippen LogP contribution in [-0.2, 0) is 6.54 Å². The molecule has 2 heterocycles. The van der Waals surface area contributed by atoms with Crippen molar-refractivity contribution in [3.8, 4) is 0 Å². The van der Waals surface area contributed by atoms with Gasteiger partial charge in [-0.05, 0) is 31.0 Å². The Bertz CT molecular complexity index is 565. The van der Waals surface area contributed by atoms with Gasteiger partial charge in [-0.3, -0.25) is 0 Å². The van der Waals surface area contributed by atoms with Crippen molar-refractivity contribution in [2.24, 2.45) is 4.99 Å². The van der Waals surface area contributed by atoms with Gasteiger partial charge in [-0.25, -0.2) is 4.99 Å². The molecule has 2 N–H and O–H groups in total. The average Bonchev–Trinajstić information content (AvgIpc) is 3.23. The summed E-state index contributed by atoms with van der Waals surface area (Å²) in [5.41, 5.74) is 2.47. The van der Waals surface area contributed by atoms with Gasteiger partial charge in [-0.2, -0.15) is 0 Å². The van der Waals surface area contributed by atoms with Gasteiger partial charge in [-0.15, -0.1) is 24.0 Å². The number of β-amino-alcohol motifs (C(OH)–C–C–N with tert-alkyl or cyclic N) is 1. The molecule has 0 saturated carbocycles. The Hall–Kier alpha value is -1.28. The molecule has 0 amide bonds. The molecule has 5 nitrogen and oxygen atoms in total. The van der Waals surface area contributed by atoms with Gasteiger partial charge in [0.1, 0.15) is 0 Å². The Morgan fingerprint density at radius 2 is 1.96 bits per heavy atom. The zero-order valence-corrected chi connectivity index (χ0v) is 16.5. The molecule has 132 valence electrons. The highest BCUT2D eigenvalue weighted by molar-refractivity contribution is 14.0. The molecule has 0 aromatic heterocycles. The van der Waals surface area contributed by atoms with E-state index in [4.69, 9.17) is 4.99 Å². The number of aliphatic imine (C=N–C) groups is 1. The Morgan fingerprint density at radius 3 is 2.54 bits per heavy atom. The van der Waals surface area contributed by atoms with E-state index in [2.05, 4.69) is 58.5 Å². The lowest BCUT2D eigenvalue weighted by atomic mass is 10.2. The van der Waals surface area contributed by atoms with Crippen LogP contribution in [0.4, 0.5) is 5.69 Å². The van der Waals surface area contributed by atoms with Crippen molar-refractivity contribution in [1.82, 2.24) is 10.2 Å². The largest absolute Gasteiger partial charge is 0.391 e. The molecule has 0 aliphatic carbocycles. The molecular weight excluding hydrogens is 415 g/mol. The number of halogens is 1. The number of nitrogens with zero attached hydrogens (tertiary/aromatic N) is 3. The molecule has 0 bridgehead atoms. The SMILES string of the molecule is CCNC(=NCc1ccc(N2CC=CC2)cc1)N1CC[C@@H](O)C1.I. The fourth-order valence-electron chi connectivity index (χ4n) is 3.03. The first kappa shape index (κ1) is 19.1. The monoisotopic (exact) mass is 442 g/mol. The smallest absolute Gasteiger partial charge is 0.194 e. The minimum Gasteiger partial charge on any atom is -0.391 e. The highest BCUT2D eigenvalue weighted by Crippen LogP contribution is 2.18. The number of guanidine groups is 1. The van der Waals surface area contributed by atoms with Gasteiger partial charge < -0.3 is 20.2 Å². The van der Waals surface area contributed by atoms with Crippen molar-refractivity contribution in [2.45, 2.75) is 26.0 Å². The number of hydrogen-bond donors (Lipinski definition) is 2. The molecular formula is C18H27IN4O. The fourth-order valence-corrected chi connectivity index (χ4v) is 3.03. The molecule has 0 radical (unpaired) electrons. The van der Waals surface area contributed by atoms with Crippen LogP contribution < -0.4 is 10.2 Å². The molecule has 1 fully saturated rings. The zero-order valence-electron chi connectivity index (χ0n) is 14.2. The predicted molar refractivity (Wildman–Crippen MR) is 110 cm³/mol. The van der Waals surface area contributed by atoms with Crippen LogP contribution in [0.5, 0.6) is 0 Å². The molecule has 2 aliphatic heterocycles. The second-order valence-electron chi connectivity index (χ2n) is 6.10. The topological polar surface area (TPSA) is 51.1 Å². The van der Waals surface area contributed by atoms with Crippen LogP contribution in [-0.4, -0.2) is 54.8 Å². The van der Waals surface area contributed by atoms with Crippen molar-refractivity contribution >= 4 is 35.6 Å². The minimum absolute atomic E-state index is 0. The molecule has 0 spiro atoms. The number of hydrogen-bond acceptors (Lipinski definition) is 3. The molecule has 6 heteroatoms. The minimum atomic E-state index is -0.229. The van der Waals surface area contributed by atoms with Gasteiger partial charge in [0.15, 0.2) is 5.96 Å². The lowest BCUT2D eigenvalue weighted by Crippen LogP contribution is -2.40. The first-order valence-corrected chi connectivity index (χ1v) is 8.46. The summed E-state index contributed by atoms with van der Waals surface area (Å²) in [5.74, 6) is 0.900. The first-order valence-electron chi connectivity index (χ1n) is 8.46. The Morgan fingerprint density at radius 1 is 1.25 bits per heavy atom. The maximum Gasteiger partial charge on any atom is 0.194 e. The highest BCUT2D eigenvalue weighted by Gasteiger charge is 2.22. The van der Waals surface area contributed by atoms with Gasteiger partial charge in [0, 0.05) is 38.4 Å². The van der Waals surface area contributed by atoms with Crippen LogP contribution in [0, 0.1) is 0 Å². The van der Waals surface area contributed by atoms with Crippen LogP contribution >= 0.6 is 24.0 Å². The molecule has 1 aromatic carbocycles. The van der Waals surface area contributed by atoms with E-state index >= 15 is 0 Å². The number of rotatable bonds is 4. The zero-order chi connectivity index (χ0) is 16.1. The summed E-state index contributed by atoms with van der Waals surface area (Å²) in [5, 5.41) is 13.0. The third-order valence-corrected chi connectivity index (χ3v) is 4.33. The average molecular weight is 442 g/mol. The number of aliphatic hydroxyl groups is 1. The van der Waals surface area contributed by atoms with Gasteiger partial charge in [0.05, 0.1) is 12.6 Å². The molecule has 3 rings (SSSR count). The van der Waals surface area contributed by atoms with Gasteiger partial charge in [-0.1, -0.05) is 24.3 Å². The maximum atomic E-state index is 9.70. The van der Waals surface area contributed by atoms with Crippen LogP contribution in [0.3, 0.4) is 0 Å². The van der Waals surface area contributed by atoms with E-state index in [1.165, 1.54) is 11.3 Å². The Balaban J connectivity index is 0.00000208. The van der Waals surface area contributed by atoms with E-state index < -0.39 is 0 Å². The summed E-state index contributed by atoms with van der Waals surface area (Å²) in [6, 6.07) is 8.65. The lowest BCUT2D eigenvalue weighted by molar-refractivity contribution is 0.188. The van der Waals surface area contributed by atoms with Crippen molar-refractivity contribution < 1.29 is 5.11 Å². The summed E-state index contributed by atoms with van der Waals surface area (Å²) < 4.78 is 0. The number of benzene rings is 1. The number of likely N-dealkylation sites (tertiary alicyclic amines) is 1. The van der Waals surface area contributed by atoms with Gasteiger partial charge >= 0.3 is 0 Å². The highest BCUT2D eigenvalue weighted by atomic mass is 127. The summed E-state index contributed by atoms with van der Waals surface area (Å²) in [4.78, 5) is 9.20. The second-order valence-corrected chi connectivity index (χ2v) is 6.10. The van der Waals surface area contributed by atoms with Crippen LogP contribution in [0.2, 0.25) is 0 Å². The third kappa shape index (κ3) is 4.86. The summed E-state index contributed by atoms with van der Waals surface area (Å²) >= 11 is 0. The molecule has 2 aliphatic rings. The van der Waals surface area contributed by atoms with Gasteiger partial charge in [0.2, 0.25) is 0 Å².